The van der Waals surface area contributed by atoms with Gasteiger partial charge in [-0.1, -0.05) is 0 Å². The fraction of sp³-hybridized carbons (Fsp3) is 0.444. The summed E-state index contributed by atoms with van der Waals surface area (Å²) in [6.07, 6.45) is 1.15. The molecule has 0 radical (unpaired) electrons. The molecule has 1 rings (SSSR count). The zero-order chi connectivity index (χ0) is 9.14. The van der Waals surface area contributed by atoms with Gasteiger partial charge in [-0.3, -0.25) is 0 Å². The van der Waals surface area contributed by atoms with Crippen molar-refractivity contribution in [2.24, 2.45) is 0 Å². The largest absolute Gasteiger partial charge is 0.481 e. The highest BCUT2D eigenvalue weighted by Gasteiger charge is 2.04. The lowest BCUT2D eigenvalue weighted by molar-refractivity contribution is 0.198. The van der Waals surface area contributed by atoms with Crippen molar-refractivity contribution in [3.63, 3.8) is 0 Å². The van der Waals surface area contributed by atoms with Gasteiger partial charge in [-0.2, -0.15) is 0 Å². The van der Waals surface area contributed by atoms with Gasteiger partial charge in [0.15, 0.2) is 0 Å². The van der Waals surface area contributed by atoms with Gasteiger partial charge in [0.2, 0.25) is 5.88 Å². The summed E-state index contributed by atoms with van der Waals surface area (Å²) in [7, 11) is 1.58. The summed E-state index contributed by atoms with van der Waals surface area (Å²) >= 11 is 0. The first-order chi connectivity index (χ1) is 5.65. The number of aliphatic hydroxyl groups is 1. The second kappa shape index (κ2) is 3.54. The summed E-state index contributed by atoms with van der Waals surface area (Å²) in [5.74, 6) is 0.611. The first-order valence-corrected chi connectivity index (χ1v) is 3.83. The smallest absolute Gasteiger partial charge is 0.215 e. The molecule has 1 aromatic rings. The zero-order valence-electron chi connectivity index (χ0n) is 7.53. The summed E-state index contributed by atoms with van der Waals surface area (Å²) in [6, 6.07) is 1.87. The molecule has 0 bridgehead atoms. The van der Waals surface area contributed by atoms with Crippen molar-refractivity contribution < 1.29 is 9.84 Å². The fourth-order valence-corrected chi connectivity index (χ4v) is 1.03. The van der Waals surface area contributed by atoms with Crippen molar-refractivity contribution in [3.05, 3.63) is 23.4 Å². The molecule has 1 N–H and O–H groups in total. The van der Waals surface area contributed by atoms with Gasteiger partial charge < -0.3 is 9.84 Å². The second-order valence-corrected chi connectivity index (χ2v) is 2.77. The number of rotatable bonds is 2. The van der Waals surface area contributed by atoms with E-state index in [-0.39, 0.29) is 0 Å². The van der Waals surface area contributed by atoms with Crippen LogP contribution in [0.15, 0.2) is 12.3 Å². The molecule has 0 aromatic carbocycles. The molecule has 0 fully saturated rings. The first-order valence-electron chi connectivity index (χ1n) is 3.83. The van der Waals surface area contributed by atoms with Gasteiger partial charge in [-0.05, 0) is 25.5 Å². The lowest BCUT2D eigenvalue weighted by atomic mass is 10.1. The molecule has 0 saturated carbocycles. The average Bonchev–Trinajstić information content (AvgIpc) is 2.04. The predicted octanol–water partition coefficient (Wildman–Crippen LogP) is 1.45. The van der Waals surface area contributed by atoms with Crippen molar-refractivity contribution in [1.82, 2.24) is 4.98 Å². The number of hydrogen-bond acceptors (Lipinski definition) is 3. The van der Waals surface area contributed by atoms with Gasteiger partial charge in [0, 0.05) is 11.8 Å². The molecule has 12 heavy (non-hydrogen) atoms. The highest BCUT2D eigenvalue weighted by atomic mass is 16.5. The van der Waals surface area contributed by atoms with Crippen LogP contribution >= 0.6 is 0 Å². The Kier molecular flexibility index (Phi) is 2.65. The van der Waals surface area contributed by atoms with Crippen LogP contribution < -0.4 is 4.74 Å². The third-order valence-corrected chi connectivity index (χ3v) is 1.73. The maximum absolute atomic E-state index is 9.23. The van der Waals surface area contributed by atoms with Gasteiger partial charge in [0.05, 0.1) is 13.2 Å². The SMILES string of the molecule is COc1ncc([C@H](C)O)cc1C. The number of ether oxygens (including phenoxy) is 1. The summed E-state index contributed by atoms with van der Waals surface area (Å²) in [4.78, 5) is 4.04. The monoisotopic (exact) mass is 167 g/mol. The van der Waals surface area contributed by atoms with Crippen LogP contribution in [-0.4, -0.2) is 17.2 Å². The molecule has 1 atom stereocenters. The van der Waals surface area contributed by atoms with Gasteiger partial charge >= 0.3 is 0 Å². The molecule has 3 heteroatoms. The molecule has 66 valence electrons. The second-order valence-electron chi connectivity index (χ2n) is 2.77. The van der Waals surface area contributed by atoms with E-state index in [9.17, 15) is 5.11 Å². The normalized spacial score (nSPS) is 12.7. The Balaban J connectivity index is 3.02. The van der Waals surface area contributed by atoms with E-state index >= 15 is 0 Å². The lowest BCUT2D eigenvalue weighted by Crippen LogP contribution is -1.96. The Hall–Kier alpha value is -1.09. The van der Waals surface area contributed by atoms with Crippen molar-refractivity contribution in [3.8, 4) is 5.88 Å². The topological polar surface area (TPSA) is 42.4 Å². The van der Waals surface area contributed by atoms with E-state index in [1.807, 2.05) is 13.0 Å². The van der Waals surface area contributed by atoms with Crippen LogP contribution in [0.2, 0.25) is 0 Å². The van der Waals surface area contributed by atoms with Crippen LogP contribution in [0.25, 0.3) is 0 Å². The van der Waals surface area contributed by atoms with E-state index in [4.69, 9.17) is 4.74 Å². The molecule has 0 unspecified atom stereocenters. The van der Waals surface area contributed by atoms with Gasteiger partial charge in [-0.15, -0.1) is 0 Å². The molecular formula is C9H13NO2. The number of hydrogen-bond donors (Lipinski definition) is 1. The Bertz CT molecular complexity index is 271. The van der Waals surface area contributed by atoms with Gasteiger partial charge in [0.1, 0.15) is 0 Å². The molecular weight excluding hydrogens is 154 g/mol. The van der Waals surface area contributed by atoms with Gasteiger partial charge in [0.25, 0.3) is 0 Å². The van der Waals surface area contributed by atoms with Crippen LogP contribution in [0, 0.1) is 6.92 Å². The number of aryl methyl sites for hydroxylation is 1. The molecule has 1 heterocycles. The van der Waals surface area contributed by atoms with E-state index in [0.29, 0.717) is 5.88 Å². The Morgan fingerprint density at radius 1 is 1.58 bits per heavy atom. The van der Waals surface area contributed by atoms with Gasteiger partial charge in [-0.25, -0.2) is 4.98 Å². The molecule has 3 nitrogen and oxygen atoms in total. The first kappa shape index (κ1) is 9.00. The lowest BCUT2D eigenvalue weighted by Gasteiger charge is -2.07. The highest BCUT2D eigenvalue weighted by molar-refractivity contribution is 5.29. The summed E-state index contributed by atoms with van der Waals surface area (Å²) in [6.45, 7) is 3.61. The molecule has 1 aromatic heterocycles. The fourth-order valence-electron chi connectivity index (χ4n) is 1.03. The van der Waals surface area contributed by atoms with Crippen LogP contribution in [-0.2, 0) is 0 Å². The molecule has 0 aliphatic carbocycles. The van der Waals surface area contributed by atoms with E-state index in [1.54, 1.807) is 20.2 Å². The maximum atomic E-state index is 9.23. The number of nitrogens with zero attached hydrogens (tertiary/aromatic N) is 1. The molecule has 0 saturated heterocycles. The van der Waals surface area contributed by atoms with Crippen molar-refractivity contribution in [1.29, 1.82) is 0 Å². The third kappa shape index (κ3) is 1.74. The number of methoxy groups -OCH3 is 1. The van der Waals surface area contributed by atoms with Crippen molar-refractivity contribution >= 4 is 0 Å². The minimum Gasteiger partial charge on any atom is -0.481 e. The number of pyridine rings is 1. The Labute approximate surface area is 72.0 Å². The quantitative estimate of drug-likeness (QED) is 0.725. The molecule has 0 spiro atoms. The molecule has 0 aliphatic rings. The summed E-state index contributed by atoms with van der Waals surface area (Å²) < 4.78 is 4.99. The maximum Gasteiger partial charge on any atom is 0.215 e. The van der Waals surface area contributed by atoms with Crippen LogP contribution in [0.4, 0.5) is 0 Å². The summed E-state index contributed by atoms with van der Waals surface area (Å²) in [5, 5.41) is 9.23. The van der Waals surface area contributed by atoms with Crippen LogP contribution in [0.5, 0.6) is 5.88 Å². The predicted molar refractivity (Wildman–Crippen MR) is 46.2 cm³/mol. The van der Waals surface area contributed by atoms with Crippen molar-refractivity contribution in [2.75, 3.05) is 7.11 Å². The zero-order valence-corrected chi connectivity index (χ0v) is 7.53. The molecule has 0 aliphatic heterocycles. The van der Waals surface area contributed by atoms with Crippen LogP contribution in [0.3, 0.4) is 0 Å². The average molecular weight is 167 g/mol. The highest BCUT2D eigenvalue weighted by Crippen LogP contribution is 2.18. The van der Waals surface area contributed by atoms with E-state index in [0.717, 1.165) is 11.1 Å². The van der Waals surface area contributed by atoms with Crippen LogP contribution in [0.1, 0.15) is 24.2 Å². The van der Waals surface area contributed by atoms with Crippen molar-refractivity contribution in [2.45, 2.75) is 20.0 Å². The number of aromatic nitrogens is 1. The van der Waals surface area contributed by atoms with E-state index < -0.39 is 6.10 Å². The minimum absolute atomic E-state index is 0.470. The molecule has 0 amide bonds. The number of aliphatic hydroxyl groups excluding tert-OH is 1. The summed E-state index contributed by atoms with van der Waals surface area (Å²) in [5.41, 5.74) is 1.75. The minimum atomic E-state index is -0.470. The Morgan fingerprint density at radius 3 is 2.67 bits per heavy atom. The Morgan fingerprint density at radius 2 is 2.25 bits per heavy atom. The standard InChI is InChI=1S/C9H13NO2/c1-6-4-8(7(2)11)5-10-9(6)12-3/h4-5,7,11H,1-3H3/t7-/m0/s1. The van der Waals surface area contributed by atoms with E-state index in [1.165, 1.54) is 0 Å². The van der Waals surface area contributed by atoms with E-state index in [2.05, 4.69) is 4.98 Å². The third-order valence-electron chi connectivity index (χ3n) is 1.73.